The molecule has 1 saturated carbocycles. The van der Waals surface area contributed by atoms with E-state index in [1.807, 2.05) is 0 Å². The van der Waals surface area contributed by atoms with E-state index in [0.29, 0.717) is 5.92 Å². The van der Waals surface area contributed by atoms with Crippen LogP contribution in [0.4, 0.5) is 0 Å². The zero-order chi connectivity index (χ0) is 11.3. The van der Waals surface area contributed by atoms with Crippen molar-refractivity contribution >= 4 is 11.3 Å². The quantitative estimate of drug-likeness (QED) is 0.856. The van der Waals surface area contributed by atoms with Crippen LogP contribution < -0.4 is 5.73 Å². The number of rotatable bonds is 3. The molecule has 1 aromatic heterocycles. The SMILES string of the molecule is CC(C)c1csc(C(C)(N)C2(C)CC2)n1. The van der Waals surface area contributed by atoms with Gasteiger partial charge < -0.3 is 5.73 Å². The largest absolute Gasteiger partial charge is 0.319 e. The topological polar surface area (TPSA) is 38.9 Å². The Morgan fingerprint density at radius 2 is 2.13 bits per heavy atom. The fourth-order valence-corrected chi connectivity index (χ4v) is 2.96. The molecule has 1 heterocycles. The van der Waals surface area contributed by atoms with E-state index in [2.05, 4.69) is 38.1 Å². The number of thiazole rings is 1. The molecule has 15 heavy (non-hydrogen) atoms. The second kappa shape index (κ2) is 3.29. The van der Waals surface area contributed by atoms with Crippen LogP contribution in [0, 0.1) is 5.41 Å². The highest BCUT2D eigenvalue weighted by molar-refractivity contribution is 7.09. The van der Waals surface area contributed by atoms with Crippen molar-refractivity contribution in [2.45, 2.75) is 52.0 Å². The molecule has 1 aliphatic rings. The maximum absolute atomic E-state index is 6.44. The third-order valence-corrected chi connectivity index (χ3v) is 4.91. The summed E-state index contributed by atoms with van der Waals surface area (Å²) in [5, 5.41) is 3.25. The van der Waals surface area contributed by atoms with Crippen LogP contribution in [0.5, 0.6) is 0 Å². The van der Waals surface area contributed by atoms with Gasteiger partial charge in [0.25, 0.3) is 0 Å². The summed E-state index contributed by atoms with van der Waals surface area (Å²) < 4.78 is 0. The monoisotopic (exact) mass is 224 g/mol. The van der Waals surface area contributed by atoms with Gasteiger partial charge in [-0.25, -0.2) is 4.98 Å². The van der Waals surface area contributed by atoms with Crippen molar-refractivity contribution in [2.24, 2.45) is 11.1 Å². The second-order valence-corrected chi connectivity index (χ2v) is 6.35. The zero-order valence-electron chi connectivity index (χ0n) is 10.0. The second-order valence-electron chi connectivity index (χ2n) is 5.50. The van der Waals surface area contributed by atoms with Crippen molar-refractivity contribution in [2.75, 3.05) is 0 Å². The molecule has 0 spiro atoms. The summed E-state index contributed by atoms with van der Waals surface area (Å²) in [5.74, 6) is 0.498. The van der Waals surface area contributed by atoms with Gasteiger partial charge in [-0.3, -0.25) is 0 Å². The van der Waals surface area contributed by atoms with E-state index in [-0.39, 0.29) is 11.0 Å². The lowest BCUT2D eigenvalue weighted by Crippen LogP contribution is -2.41. The molecule has 0 aliphatic heterocycles. The van der Waals surface area contributed by atoms with Gasteiger partial charge in [-0.2, -0.15) is 0 Å². The van der Waals surface area contributed by atoms with Crippen molar-refractivity contribution in [1.29, 1.82) is 0 Å². The van der Waals surface area contributed by atoms with Crippen LogP contribution in [0.15, 0.2) is 5.38 Å². The molecule has 1 atom stereocenters. The van der Waals surface area contributed by atoms with Crippen molar-refractivity contribution in [3.8, 4) is 0 Å². The molecule has 1 aliphatic carbocycles. The molecule has 0 amide bonds. The minimum atomic E-state index is -0.245. The van der Waals surface area contributed by atoms with Crippen LogP contribution >= 0.6 is 11.3 Å². The van der Waals surface area contributed by atoms with E-state index in [0.717, 1.165) is 5.01 Å². The van der Waals surface area contributed by atoms with Gasteiger partial charge in [-0.15, -0.1) is 11.3 Å². The molecule has 2 rings (SSSR count). The Kier molecular flexibility index (Phi) is 2.43. The molecule has 1 fully saturated rings. The van der Waals surface area contributed by atoms with E-state index < -0.39 is 0 Å². The molecule has 84 valence electrons. The molecule has 1 unspecified atom stereocenters. The molecule has 0 radical (unpaired) electrons. The highest BCUT2D eigenvalue weighted by Crippen LogP contribution is 2.56. The van der Waals surface area contributed by atoms with E-state index in [1.54, 1.807) is 11.3 Å². The lowest BCUT2D eigenvalue weighted by Gasteiger charge is -2.29. The zero-order valence-corrected chi connectivity index (χ0v) is 10.8. The molecule has 2 nitrogen and oxygen atoms in total. The molecule has 0 bridgehead atoms. The van der Waals surface area contributed by atoms with E-state index in [9.17, 15) is 0 Å². The first-order valence-electron chi connectivity index (χ1n) is 5.61. The third-order valence-electron chi connectivity index (χ3n) is 3.81. The van der Waals surface area contributed by atoms with Crippen LogP contribution in [0.25, 0.3) is 0 Å². The van der Waals surface area contributed by atoms with Gasteiger partial charge in [0.2, 0.25) is 0 Å². The first kappa shape index (κ1) is 11.1. The minimum absolute atomic E-state index is 0.245. The van der Waals surface area contributed by atoms with Gasteiger partial charge >= 0.3 is 0 Å². The number of nitrogens with two attached hydrogens (primary N) is 1. The molecule has 2 N–H and O–H groups in total. The summed E-state index contributed by atoms with van der Waals surface area (Å²) in [5.41, 5.74) is 7.65. The number of aromatic nitrogens is 1. The molecular formula is C12H20N2S. The number of hydrogen-bond donors (Lipinski definition) is 1. The summed E-state index contributed by atoms with van der Waals surface area (Å²) in [6.45, 7) is 8.74. The molecular weight excluding hydrogens is 204 g/mol. The average Bonchev–Trinajstić information content (AvgIpc) is 2.73. The standard InChI is InChI=1S/C12H20N2S/c1-8(2)9-7-15-10(14-9)12(4,13)11(3)5-6-11/h7-8H,5-6,13H2,1-4H3. The summed E-state index contributed by atoms with van der Waals surface area (Å²) in [6, 6.07) is 0. The average molecular weight is 224 g/mol. The Labute approximate surface area is 95.9 Å². The Balaban J connectivity index is 2.29. The fourth-order valence-electron chi connectivity index (χ4n) is 1.75. The molecule has 0 saturated heterocycles. The van der Waals surface area contributed by atoms with Crippen LogP contribution in [0.3, 0.4) is 0 Å². The lowest BCUT2D eigenvalue weighted by atomic mass is 9.85. The van der Waals surface area contributed by atoms with Crippen LogP contribution in [0.1, 0.15) is 57.2 Å². The Hall–Kier alpha value is -0.410. The lowest BCUT2D eigenvalue weighted by molar-refractivity contribution is 0.299. The van der Waals surface area contributed by atoms with Crippen LogP contribution in [0.2, 0.25) is 0 Å². The highest BCUT2D eigenvalue weighted by atomic mass is 32.1. The van der Waals surface area contributed by atoms with Gasteiger partial charge in [0.05, 0.1) is 11.2 Å². The van der Waals surface area contributed by atoms with Gasteiger partial charge in [0.15, 0.2) is 0 Å². The third kappa shape index (κ3) is 1.72. The molecule has 1 aromatic rings. The first-order valence-corrected chi connectivity index (χ1v) is 6.49. The predicted octanol–water partition coefficient (Wildman–Crippen LogP) is 3.24. The van der Waals surface area contributed by atoms with Gasteiger partial charge in [0.1, 0.15) is 5.01 Å². The van der Waals surface area contributed by atoms with Crippen molar-refractivity contribution in [3.63, 3.8) is 0 Å². The van der Waals surface area contributed by atoms with Crippen LogP contribution in [-0.2, 0) is 5.54 Å². The Bertz CT molecular complexity index is 361. The normalized spacial score (nSPS) is 22.8. The van der Waals surface area contributed by atoms with Crippen molar-refractivity contribution < 1.29 is 0 Å². The predicted molar refractivity (Wildman–Crippen MR) is 65.1 cm³/mol. The Morgan fingerprint density at radius 3 is 2.53 bits per heavy atom. The van der Waals surface area contributed by atoms with E-state index >= 15 is 0 Å². The maximum Gasteiger partial charge on any atom is 0.113 e. The smallest absolute Gasteiger partial charge is 0.113 e. The first-order chi connectivity index (χ1) is 6.87. The van der Waals surface area contributed by atoms with Crippen molar-refractivity contribution in [3.05, 3.63) is 16.1 Å². The van der Waals surface area contributed by atoms with E-state index in [1.165, 1.54) is 18.5 Å². The summed E-state index contributed by atoms with van der Waals surface area (Å²) in [4.78, 5) is 4.68. The highest BCUT2D eigenvalue weighted by Gasteiger charge is 2.53. The summed E-state index contributed by atoms with van der Waals surface area (Å²) in [6.07, 6.45) is 2.47. The number of nitrogens with zero attached hydrogens (tertiary/aromatic N) is 1. The van der Waals surface area contributed by atoms with Crippen LogP contribution in [-0.4, -0.2) is 4.98 Å². The minimum Gasteiger partial charge on any atom is -0.319 e. The van der Waals surface area contributed by atoms with Gasteiger partial charge in [0, 0.05) is 5.38 Å². The molecule has 3 heteroatoms. The Morgan fingerprint density at radius 1 is 1.53 bits per heavy atom. The number of hydrogen-bond acceptors (Lipinski definition) is 3. The summed E-state index contributed by atoms with van der Waals surface area (Å²) in [7, 11) is 0. The van der Waals surface area contributed by atoms with Gasteiger partial charge in [-0.1, -0.05) is 20.8 Å². The maximum atomic E-state index is 6.44. The van der Waals surface area contributed by atoms with Crippen molar-refractivity contribution in [1.82, 2.24) is 4.98 Å². The van der Waals surface area contributed by atoms with E-state index in [4.69, 9.17) is 5.73 Å². The van der Waals surface area contributed by atoms with Gasteiger partial charge in [-0.05, 0) is 31.1 Å². The fraction of sp³-hybridized carbons (Fsp3) is 0.750. The molecule has 0 aromatic carbocycles. The summed E-state index contributed by atoms with van der Waals surface area (Å²) >= 11 is 1.72.